The van der Waals surface area contributed by atoms with E-state index < -0.39 is 0 Å². The van der Waals surface area contributed by atoms with Crippen LogP contribution in [0.2, 0.25) is 0 Å². The number of piperidine rings is 1. The molecule has 0 saturated carbocycles. The topological polar surface area (TPSA) is 45.7 Å². The molecule has 0 aliphatic carbocycles. The Morgan fingerprint density at radius 2 is 2.05 bits per heavy atom. The van der Waals surface area contributed by atoms with Crippen molar-refractivity contribution in [1.82, 2.24) is 14.8 Å². The Morgan fingerprint density at radius 1 is 1.37 bits per heavy atom. The van der Waals surface area contributed by atoms with Crippen molar-refractivity contribution in [3.63, 3.8) is 0 Å². The number of aryl methyl sites for hydroxylation is 1. The van der Waals surface area contributed by atoms with Crippen LogP contribution in [-0.2, 0) is 0 Å². The highest BCUT2D eigenvalue weighted by atomic mass is 16.5. The van der Waals surface area contributed by atoms with Gasteiger partial charge in [-0.15, -0.1) is 0 Å². The van der Waals surface area contributed by atoms with Crippen molar-refractivity contribution in [3.05, 3.63) is 23.9 Å². The number of likely N-dealkylation sites (tertiary alicyclic amines) is 1. The predicted molar refractivity (Wildman–Crippen MR) is 73.3 cm³/mol. The van der Waals surface area contributed by atoms with E-state index in [-0.39, 0.29) is 12.1 Å². The molecule has 0 N–H and O–H groups in total. The number of rotatable bonds is 2. The van der Waals surface area contributed by atoms with Crippen LogP contribution < -0.4 is 4.74 Å². The molecule has 0 unspecified atom stereocenters. The summed E-state index contributed by atoms with van der Waals surface area (Å²) >= 11 is 0. The molecule has 2 heterocycles. The van der Waals surface area contributed by atoms with E-state index in [0.29, 0.717) is 5.88 Å². The second-order valence-corrected chi connectivity index (χ2v) is 5.16. The normalized spacial score (nSPS) is 16.3. The van der Waals surface area contributed by atoms with Crippen LogP contribution in [0.1, 0.15) is 18.4 Å². The minimum absolute atomic E-state index is 0.0758. The molecular weight excluding hydrogens is 242 g/mol. The van der Waals surface area contributed by atoms with Crippen molar-refractivity contribution in [3.8, 4) is 5.88 Å². The number of amides is 2. The average molecular weight is 263 g/mol. The maximum absolute atomic E-state index is 11.8. The highest BCUT2D eigenvalue weighted by Gasteiger charge is 2.24. The Morgan fingerprint density at radius 3 is 2.58 bits per heavy atom. The molecule has 1 aliphatic rings. The predicted octanol–water partition coefficient (Wildman–Crippen LogP) is 1.91. The lowest BCUT2D eigenvalue weighted by molar-refractivity contribution is 0.0983. The van der Waals surface area contributed by atoms with E-state index in [1.807, 2.05) is 24.0 Å². The van der Waals surface area contributed by atoms with Crippen LogP contribution in [0.3, 0.4) is 0 Å². The zero-order valence-electron chi connectivity index (χ0n) is 11.8. The van der Waals surface area contributed by atoms with E-state index >= 15 is 0 Å². The third-order valence-corrected chi connectivity index (χ3v) is 3.27. The highest BCUT2D eigenvalue weighted by molar-refractivity contribution is 5.73. The molecule has 1 saturated heterocycles. The quantitative estimate of drug-likeness (QED) is 0.819. The third-order valence-electron chi connectivity index (χ3n) is 3.27. The molecule has 1 aromatic rings. The van der Waals surface area contributed by atoms with Crippen molar-refractivity contribution in [2.75, 3.05) is 27.2 Å². The number of nitrogens with zero attached hydrogens (tertiary/aromatic N) is 3. The molecule has 0 spiro atoms. The highest BCUT2D eigenvalue weighted by Crippen LogP contribution is 2.17. The van der Waals surface area contributed by atoms with Gasteiger partial charge in [0, 0.05) is 52.3 Å². The summed E-state index contributed by atoms with van der Waals surface area (Å²) in [6, 6.07) is 3.96. The van der Waals surface area contributed by atoms with Gasteiger partial charge in [-0.1, -0.05) is 6.07 Å². The number of carbonyl (C=O) groups excluding carboxylic acids is 1. The van der Waals surface area contributed by atoms with Gasteiger partial charge in [-0.05, 0) is 12.5 Å². The zero-order chi connectivity index (χ0) is 13.8. The lowest BCUT2D eigenvalue weighted by Crippen LogP contribution is -2.46. The van der Waals surface area contributed by atoms with Crippen LogP contribution in [0, 0.1) is 6.92 Å². The Labute approximate surface area is 114 Å². The second kappa shape index (κ2) is 5.91. The monoisotopic (exact) mass is 263 g/mol. The molecule has 5 nitrogen and oxygen atoms in total. The lowest BCUT2D eigenvalue weighted by Gasteiger charge is -2.33. The summed E-state index contributed by atoms with van der Waals surface area (Å²) in [5.41, 5.74) is 1.12. The van der Waals surface area contributed by atoms with Crippen molar-refractivity contribution in [2.24, 2.45) is 0 Å². The minimum Gasteiger partial charge on any atom is -0.474 e. The van der Waals surface area contributed by atoms with Crippen LogP contribution in [0.15, 0.2) is 18.3 Å². The number of urea groups is 1. The van der Waals surface area contributed by atoms with Crippen LogP contribution in [0.4, 0.5) is 4.79 Å². The summed E-state index contributed by atoms with van der Waals surface area (Å²) in [4.78, 5) is 19.5. The van der Waals surface area contributed by atoms with E-state index in [1.54, 1.807) is 25.2 Å². The maximum atomic E-state index is 11.8. The van der Waals surface area contributed by atoms with Gasteiger partial charge in [0.1, 0.15) is 6.10 Å². The number of hydrogen-bond acceptors (Lipinski definition) is 3. The van der Waals surface area contributed by atoms with E-state index in [4.69, 9.17) is 4.74 Å². The van der Waals surface area contributed by atoms with Crippen molar-refractivity contribution in [2.45, 2.75) is 25.9 Å². The molecule has 5 heteroatoms. The van der Waals surface area contributed by atoms with Crippen molar-refractivity contribution < 1.29 is 9.53 Å². The van der Waals surface area contributed by atoms with Crippen LogP contribution in [0.25, 0.3) is 0 Å². The Hall–Kier alpha value is -1.78. The fourth-order valence-electron chi connectivity index (χ4n) is 2.14. The summed E-state index contributed by atoms with van der Waals surface area (Å²) in [5.74, 6) is 0.669. The second-order valence-electron chi connectivity index (χ2n) is 5.16. The lowest BCUT2D eigenvalue weighted by atomic mass is 10.1. The van der Waals surface area contributed by atoms with Gasteiger partial charge in [0.05, 0.1) is 0 Å². The van der Waals surface area contributed by atoms with Gasteiger partial charge in [-0.25, -0.2) is 9.78 Å². The van der Waals surface area contributed by atoms with Gasteiger partial charge in [0.2, 0.25) is 5.88 Å². The molecule has 1 aliphatic heterocycles. The Bertz CT molecular complexity index is 423. The Kier molecular flexibility index (Phi) is 4.24. The molecule has 0 aromatic carbocycles. The van der Waals surface area contributed by atoms with Crippen LogP contribution >= 0.6 is 0 Å². The van der Waals surface area contributed by atoms with Gasteiger partial charge >= 0.3 is 6.03 Å². The molecule has 1 fully saturated rings. The molecule has 104 valence electrons. The van der Waals surface area contributed by atoms with Crippen LogP contribution in [-0.4, -0.2) is 54.1 Å². The van der Waals surface area contributed by atoms with Gasteiger partial charge < -0.3 is 14.5 Å². The first-order chi connectivity index (χ1) is 9.06. The summed E-state index contributed by atoms with van der Waals surface area (Å²) in [7, 11) is 3.56. The van der Waals surface area contributed by atoms with Gasteiger partial charge in [-0.2, -0.15) is 0 Å². The third kappa shape index (κ3) is 3.59. The molecule has 0 atom stereocenters. The molecule has 2 amide bonds. The van der Waals surface area contributed by atoms with Crippen LogP contribution in [0.5, 0.6) is 5.88 Å². The molecule has 1 aromatic heterocycles. The zero-order valence-corrected chi connectivity index (χ0v) is 11.8. The SMILES string of the molecule is Cc1ccc(OC2CCN(C(=O)N(C)C)CC2)nc1. The number of ether oxygens (including phenoxy) is 1. The number of aromatic nitrogens is 1. The minimum atomic E-state index is 0.0758. The van der Waals surface area contributed by atoms with Gasteiger partial charge in [0.15, 0.2) is 0 Å². The summed E-state index contributed by atoms with van der Waals surface area (Å²) in [6.45, 7) is 3.49. The number of pyridine rings is 1. The fraction of sp³-hybridized carbons (Fsp3) is 0.571. The standard InChI is InChI=1S/C14H21N3O2/c1-11-4-5-13(15-10-11)19-12-6-8-17(9-7-12)14(18)16(2)3/h4-5,10,12H,6-9H2,1-3H3. The number of hydrogen-bond donors (Lipinski definition) is 0. The number of carbonyl (C=O) groups is 1. The fourth-order valence-corrected chi connectivity index (χ4v) is 2.14. The summed E-state index contributed by atoms with van der Waals surface area (Å²) in [5, 5.41) is 0. The summed E-state index contributed by atoms with van der Waals surface area (Å²) < 4.78 is 5.84. The Balaban J connectivity index is 1.83. The molecule has 0 radical (unpaired) electrons. The molecular formula is C14H21N3O2. The summed E-state index contributed by atoms with van der Waals surface area (Å²) in [6.07, 6.45) is 3.67. The van der Waals surface area contributed by atoms with E-state index in [1.165, 1.54) is 0 Å². The van der Waals surface area contributed by atoms with Crippen molar-refractivity contribution in [1.29, 1.82) is 0 Å². The molecule has 0 bridgehead atoms. The largest absolute Gasteiger partial charge is 0.474 e. The van der Waals surface area contributed by atoms with E-state index in [0.717, 1.165) is 31.5 Å². The molecule has 2 rings (SSSR count). The molecule has 19 heavy (non-hydrogen) atoms. The maximum Gasteiger partial charge on any atom is 0.319 e. The average Bonchev–Trinajstić information content (AvgIpc) is 2.41. The van der Waals surface area contributed by atoms with Gasteiger partial charge in [0.25, 0.3) is 0 Å². The van der Waals surface area contributed by atoms with E-state index in [2.05, 4.69) is 4.98 Å². The first kappa shape index (κ1) is 13.6. The van der Waals surface area contributed by atoms with Gasteiger partial charge in [-0.3, -0.25) is 0 Å². The van der Waals surface area contributed by atoms with E-state index in [9.17, 15) is 4.79 Å². The first-order valence-corrected chi connectivity index (χ1v) is 6.62. The smallest absolute Gasteiger partial charge is 0.319 e. The first-order valence-electron chi connectivity index (χ1n) is 6.62. The van der Waals surface area contributed by atoms with Crippen molar-refractivity contribution >= 4 is 6.03 Å².